The molecule has 0 N–H and O–H groups in total. The maximum atomic E-state index is 14.2. The molecule has 218 valence electrons. The Labute approximate surface area is 236 Å². The van der Waals surface area contributed by atoms with Crippen molar-refractivity contribution in [1.82, 2.24) is 14.7 Å². The number of fused-ring (bicyclic) bond motifs is 1. The molecule has 0 saturated carbocycles. The molecule has 1 aromatic rings. The Kier molecular flexibility index (Phi) is 8.75. The van der Waals surface area contributed by atoms with Crippen LogP contribution in [0.3, 0.4) is 0 Å². The van der Waals surface area contributed by atoms with Gasteiger partial charge in [0.1, 0.15) is 16.8 Å². The summed E-state index contributed by atoms with van der Waals surface area (Å²) in [6.07, 6.45) is 3.89. The minimum absolute atomic E-state index is 0.0970. The Morgan fingerprint density at radius 3 is 2.30 bits per heavy atom. The molecule has 10 heteroatoms. The maximum absolute atomic E-state index is 14.2. The molecular formula is C30H41N3O7. The lowest BCUT2D eigenvalue weighted by Crippen LogP contribution is -2.54. The molecule has 0 aliphatic carbocycles. The standard InChI is InChI=1S/C30H41N3O7/c1-6-39-27(36)30-20-32(28(37)40-29(2,3)4)17-14-24(30)33(19-21-10-12-22(38-5)13-11-21)26(35)23(30)18-25(34)31-15-8-7-9-16-31/h10-14,23H,6-9,15-20H2,1-5H3/t23-,30-/m1/s1. The molecule has 3 amide bonds. The first-order valence-electron chi connectivity index (χ1n) is 14.1. The van der Waals surface area contributed by atoms with E-state index in [1.807, 2.05) is 24.3 Å². The lowest BCUT2D eigenvalue weighted by Gasteiger charge is -2.41. The third-order valence-corrected chi connectivity index (χ3v) is 7.73. The van der Waals surface area contributed by atoms with Crippen molar-refractivity contribution >= 4 is 23.9 Å². The first-order valence-corrected chi connectivity index (χ1v) is 14.1. The molecule has 2 saturated heterocycles. The number of nitrogens with zero attached hydrogens (tertiary/aromatic N) is 3. The van der Waals surface area contributed by atoms with E-state index in [2.05, 4.69) is 0 Å². The van der Waals surface area contributed by atoms with E-state index >= 15 is 0 Å². The van der Waals surface area contributed by atoms with Gasteiger partial charge in [0.25, 0.3) is 0 Å². The van der Waals surface area contributed by atoms with Gasteiger partial charge in [0.2, 0.25) is 11.8 Å². The number of amides is 3. The van der Waals surface area contributed by atoms with Gasteiger partial charge in [-0.1, -0.05) is 12.1 Å². The second-order valence-corrected chi connectivity index (χ2v) is 11.6. The van der Waals surface area contributed by atoms with Crippen LogP contribution in [0.15, 0.2) is 36.0 Å². The summed E-state index contributed by atoms with van der Waals surface area (Å²) in [5, 5.41) is 0. The number of piperidine rings is 1. The van der Waals surface area contributed by atoms with Gasteiger partial charge in [-0.05, 0) is 70.7 Å². The Morgan fingerprint density at radius 2 is 1.70 bits per heavy atom. The second-order valence-electron chi connectivity index (χ2n) is 11.6. The lowest BCUT2D eigenvalue weighted by molar-refractivity contribution is -0.159. The average Bonchev–Trinajstić information content (AvgIpc) is 3.16. The van der Waals surface area contributed by atoms with E-state index in [1.165, 1.54) is 4.90 Å². The smallest absolute Gasteiger partial charge is 0.410 e. The molecule has 4 rings (SSSR count). The highest BCUT2D eigenvalue weighted by molar-refractivity contribution is 5.99. The number of ether oxygens (including phenoxy) is 3. The van der Waals surface area contributed by atoms with Crippen molar-refractivity contribution in [3.05, 3.63) is 41.6 Å². The number of hydrogen-bond acceptors (Lipinski definition) is 7. The molecule has 10 nitrogen and oxygen atoms in total. The summed E-state index contributed by atoms with van der Waals surface area (Å²) >= 11 is 0. The van der Waals surface area contributed by atoms with Gasteiger partial charge >= 0.3 is 12.1 Å². The average molecular weight is 556 g/mol. The summed E-state index contributed by atoms with van der Waals surface area (Å²) < 4.78 is 16.4. The van der Waals surface area contributed by atoms with Gasteiger partial charge in [0.15, 0.2) is 0 Å². The van der Waals surface area contributed by atoms with Gasteiger partial charge < -0.3 is 28.9 Å². The number of rotatable bonds is 7. The molecule has 2 atom stereocenters. The molecule has 2 fully saturated rings. The number of methoxy groups -OCH3 is 1. The molecular weight excluding hydrogens is 514 g/mol. The van der Waals surface area contributed by atoms with Gasteiger partial charge in [-0.3, -0.25) is 14.4 Å². The fraction of sp³-hybridized carbons (Fsp3) is 0.600. The van der Waals surface area contributed by atoms with Gasteiger partial charge in [0.05, 0.1) is 26.2 Å². The number of benzene rings is 1. The molecule has 0 aromatic heterocycles. The third kappa shape index (κ3) is 5.95. The van der Waals surface area contributed by atoms with Crippen LogP contribution in [-0.2, 0) is 30.4 Å². The van der Waals surface area contributed by atoms with Crippen LogP contribution in [0, 0.1) is 11.3 Å². The number of likely N-dealkylation sites (tertiary alicyclic amines) is 2. The SMILES string of the molecule is CCOC(=O)[C@@]12CN(C(=O)OC(C)(C)C)CC=C1N(Cc1ccc(OC)cc1)C(=O)[C@H]2CC(=O)N1CCCCC1. The van der Waals surface area contributed by atoms with Crippen LogP contribution in [0.4, 0.5) is 4.79 Å². The van der Waals surface area contributed by atoms with E-state index in [1.54, 1.807) is 50.7 Å². The van der Waals surface area contributed by atoms with Gasteiger partial charge in [0, 0.05) is 38.3 Å². The molecule has 1 aromatic carbocycles. The first kappa shape index (κ1) is 29.4. The fourth-order valence-electron chi connectivity index (χ4n) is 5.80. The highest BCUT2D eigenvalue weighted by atomic mass is 16.6. The Bertz CT molecular complexity index is 1150. The van der Waals surface area contributed by atoms with Crippen LogP contribution in [0.1, 0.15) is 58.9 Å². The minimum Gasteiger partial charge on any atom is -0.497 e. The summed E-state index contributed by atoms with van der Waals surface area (Å²) in [7, 11) is 1.58. The first-order chi connectivity index (χ1) is 19.0. The monoisotopic (exact) mass is 555 g/mol. The van der Waals surface area contributed by atoms with Crippen LogP contribution in [0.5, 0.6) is 5.75 Å². The number of esters is 1. The van der Waals surface area contributed by atoms with E-state index in [0.717, 1.165) is 24.8 Å². The summed E-state index contributed by atoms with van der Waals surface area (Å²) in [4.78, 5) is 59.5. The summed E-state index contributed by atoms with van der Waals surface area (Å²) in [6, 6.07) is 7.35. The normalized spacial score (nSPS) is 22.9. The maximum Gasteiger partial charge on any atom is 0.410 e. The minimum atomic E-state index is -1.53. The number of carbonyl (C=O) groups is 4. The van der Waals surface area contributed by atoms with Crippen LogP contribution >= 0.6 is 0 Å². The topological polar surface area (TPSA) is 106 Å². The number of carbonyl (C=O) groups excluding carboxylic acids is 4. The fourth-order valence-corrected chi connectivity index (χ4v) is 5.80. The Hall–Kier alpha value is -3.56. The predicted molar refractivity (Wildman–Crippen MR) is 147 cm³/mol. The van der Waals surface area contributed by atoms with Gasteiger partial charge in [-0.2, -0.15) is 0 Å². The van der Waals surface area contributed by atoms with Crippen molar-refractivity contribution < 1.29 is 33.4 Å². The molecule has 0 spiro atoms. The van der Waals surface area contributed by atoms with Crippen molar-refractivity contribution in [1.29, 1.82) is 0 Å². The van der Waals surface area contributed by atoms with Crippen molar-refractivity contribution in [3.63, 3.8) is 0 Å². The molecule has 3 aliphatic rings. The highest BCUT2D eigenvalue weighted by Gasteiger charge is 2.64. The van der Waals surface area contributed by atoms with Crippen molar-refractivity contribution in [2.75, 3.05) is 39.9 Å². The Balaban J connectivity index is 1.75. The number of hydrogen-bond donors (Lipinski definition) is 0. The molecule has 40 heavy (non-hydrogen) atoms. The van der Waals surface area contributed by atoms with Crippen LogP contribution in [-0.4, -0.2) is 84.1 Å². The zero-order valence-electron chi connectivity index (χ0n) is 24.2. The predicted octanol–water partition coefficient (Wildman–Crippen LogP) is 3.74. The molecule has 0 radical (unpaired) electrons. The molecule has 3 heterocycles. The lowest BCUT2D eigenvalue weighted by atomic mass is 9.71. The second kappa shape index (κ2) is 11.9. The van der Waals surface area contributed by atoms with E-state index < -0.39 is 29.0 Å². The summed E-state index contributed by atoms with van der Waals surface area (Å²) in [6.45, 7) is 8.62. The van der Waals surface area contributed by atoms with Crippen molar-refractivity contribution in [3.8, 4) is 5.75 Å². The van der Waals surface area contributed by atoms with E-state index in [-0.39, 0.29) is 44.5 Å². The largest absolute Gasteiger partial charge is 0.497 e. The molecule has 0 bridgehead atoms. The van der Waals surface area contributed by atoms with E-state index in [9.17, 15) is 19.2 Å². The third-order valence-electron chi connectivity index (χ3n) is 7.73. The highest BCUT2D eigenvalue weighted by Crippen LogP contribution is 2.51. The molecule has 3 aliphatic heterocycles. The van der Waals surface area contributed by atoms with Crippen LogP contribution in [0.2, 0.25) is 0 Å². The zero-order chi connectivity index (χ0) is 29.1. The Morgan fingerprint density at radius 1 is 1.02 bits per heavy atom. The molecule has 0 unspecified atom stereocenters. The van der Waals surface area contributed by atoms with Gasteiger partial charge in [-0.25, -0.2) is 4.79 Å². The van der Waals surface area contributed by atoms with Crippen molar-refractivity contribution in [2.45, 2.75) is 65.5 Å². The van der Waals surface area contributed by atoms with E-state index in [0.29, 0.717) is 24.5 Å². The van der Waals surface area contributed by atoms with Crippen LogP contribution in [0.25, 0.3) is 0 Å². The van der Waals surface area contributed by atoms with Crippen molar-refractivity contribution in [2.24, 2.45) is 11.3 Å². The summed E-state index contributed by atoms with van der Waals surface area (Å²) in [5.41, 5.74) is -0.957. The van der Waals surface area contributed by atoms with E-state index in [4.69, 9.17) is 14.2 Å². The van der Waals surface area contributed by atoms with Crippen LogP contribution < -0.4 is 4.74 Å². The quantitative estimate of drug-likeness (QED) is 0.472. The van der Waals surface area contributed by atoms with Gasteiger partial charge in [-0.15, -0.1) is 0 Å². The summed E-state index contributed by atoms with van der Waals surface area (Å²) in [5.74, 6) is -1.44. The zero-order valence-corrected chi connectivity index (χ0v) is 24.2.